The van der Waals surface area contributed by atoms with Crippen molar-refractivity contribution in [2.24, 2.45) is 5.92 Å². The predicted molar refractivity (Wildman–Crippen MR) is 111 cm³/mol. The van der Waals surface area contributed by atoms with Crippen molar-refractivity contribution in [1.82, 2.24) is 9.80 Å². The summed E-state index contributed by atoms with van der Waals surface area (Å²) in [7, 11) is 0. The van der Waals surface area contributed by atoms with Crippen LogP contribution in [0.1, 0.15) is 31.7 Å². The van der Waals surface area contributed by atoms with E-state index in [2.05, 4.69) is 33.8 Å². The van der Waals surface area contributed by atoms with Crippen LogP contribution in [0, 0.1) is 5.92 Å². The first kappa shape index (κ1) is 19.5. The summed E-state index contributed by atoms with van der Waals surface area (Å²) in [4.78, 5) is 16.5. The second kappa shape index (κ2) is 9.12. The van der Waals surface area contributed by atoms with Crippen molar-refractivity contribution in [1.29, 1.82) is 0 Å². The van der Waals surface area contributed by atoms with Crippen molar-refractivity contribution in [3.8, 4) is 0 Å². The molecule has 6 heteroatoms. The van der Waals surface area contributed by atoms with E-state index in [1.807, 2.05) is 17.0 Å². The zero-order valence-electron chi connectivity index (χ0n) is 14.7. The molecule has 1 amide bonds. The van der Waals surface area contributed by atoms with Crippen molar-refractivity contribution in [2.45, 2.75) is 37.9 Å². The molecule has 1 atom stereocenters. The highest BCUT2D eigenvalue weighted by Crippen LogP contribution is 2.30. The van der Waals surface area contributed by atoms with Crippen molar-refractivity contribution in [3.05, 3.63) is 33.3 Å². The summed E-state index contributed by atoms with van der Waals surface area (Å²) in [6.45, 7) is 7.29. The zero-order valence-corrected chi connectivity index (χ0v) is 17.9. The van der Waals surface area contributed by atoms with E-state index in [1.54, 1.807) is 0 Å². The van der Waals surface area contributed by atoms with Gasteiger partial charge >= 0.3 is 0 Å². The van der Waals surface area contributed by atoms with Gasteiger partial charge in [0.2, 0.25) is 0 Å². The van der Waals surface area contributed by atoms with Gasteiger partial charge in [0.05, 0.1) is 0 Å². The van der Waals surface area contributed by atoms with E-state index in [1.165, 1.54) is 30.2 Å². The fourth-order valence-corrected chi connectivity index (χ4v) is 5.54. The van der Waals surface area contributed by atoms with Gasteiger partial charge in [0.1, 0.15) is 0 Å². The number of hydrogen-bond donors (Lipinski definition) is 0. The molecule has 2 heterocycles. The molecule has 1 aromatic carbocycles. The Morgan fingerprint density at radius 2 is 2.08 bits per heavy atom. The number of likely N-dealkylation sites (tertiary alicyclic amines) is 1. The number of benzene rings is 1. The maximum atomic E-state index is 12.0. The Hall–Kier alpha value is -0.230. The van der Waals surface area contributed by atoms with Crippen LogP contribution in [0.5, 0.6) is 0 Å². The van der Waals surface area contributed by atoms with E-state index >= 15 is 0 Å². The average Bonchev–Trinajstić information content (AvgIpc) is 2.93. The van der Waals surface area contributed by atoms with Gasteiger partial charge in [-0.05, 0) is 68.5 Å². The van der Waals surface area contributed by atoms with Crippen LogP contribution in [0.2, 0.25) is 5.02 Å². The van der Waals surface area contributed by atoms with Gasteiger partial charge in [0.25, 0.3) is 5.24 Å². The summed E-state index contributed by atoms with van der Waals surface area (Å²) < 4.78 is 1.16. The Kier molecular flexibility index (Phi) is 7.12. The van der Waals surface area contributed by atoms with Crippen molar-refractivity contribution in [2.75, 3.05) is 32.7 Å². The Balaban J connectivity index is 1.45. The van der Waals surface area contributed by atoms with Crippen LogP contribution in [0.15, 0.2) is 22.7 Å². The third-order valence-electron chi connectivity index (χ3n) is 5.13. The largest absolute Gasteiger partial charge is 0.332 e. The van der Waals surface area contributed by atoms with Crippen LogP contribution >= 0.6 is 39.3 Å². The van der Waals surface area contributed by atoms with Crippen LogP contribution in [0.25, 0.3) is 0 Å². The summed E-state index contributed by atoms with van der Waals surface area (Å²) in [5.41, 5.74) is 1.32. The number of amides is 1. The molecule has 0 aliphatic carbocycles. The molecule has 0 aromatic heterocycles. The fraction of sp³-hybridized carbons (Fsp3) is 0.632. The Morgan fingerprint density at radius 3 is 2.80 bits per heavy atom. The summed E-state index contributed by atoms with van der Waals surface area (Å²) in [6.07, 6.45) is 4.59. The second-order valence-corrected chi connectivity index (χ2v) is 9.68. The third-order valence-corrected chi connectivity index (χ3v) is 7.23. The van der Waals surface area contributed by atoms with Gasteiger partial charge in [-0.15, -0.1) is 0 Å². The van der Waals surface area contributed by atoms with Gasteiger partial charge in [0, 0.05) is 34.4 Å². The van der Waals surface area contributed by atoms with Gasteiger partial charge in [-0.1, -0.05) is 46.2 Å². The highest BCUT2D eigenvalue weighted by molar-refractivity contribution is 9.10. The zero-order chi connectivity index (χ0) is 17.8. The lowest BCUT2D eigenvalue weighted by Gasteiger charge is -2.33. The minimum Gasteiger partial charge on any atom is -0.332 e. The van der Waals surface area contributed by atoms with Crippen LogP contribution in [0.4, 0.5) is 4.79 Å². The molecule has 2 fully saturated rings. The molecular weight excluding hydrogens is 420 g/mol. The highest BCUT2D eigenvalue weighted by Gasteiger charge is 2.32. The van der Waals surface area contributed by atoms with Crippen LogP contribution in [-0.4, -0.2) is 53.0 Å². The number of halogens is 2. The number of carbonyl (C=O) groups excluding carboxylic acids is 1. The Labute approximate surface area is 168 Å². The normalized spacial score (nSPS) is 22.8. The first-order valence-corrected chi connectivity index (χ1v) is 11.2. The number of nitrogens with zero attached hydrogens (tertiary/aromatic N) is 2. The smallest absolute Gasteiger partial charge is 0.282 e. The molecular formula is C19H26BrClN2OS. The number of carbonyl (C=O) groups is 1. The van der Waals surface area contributed by atoms with Crippen molar-refractivity contribution in [3.63, 3.8) is 0 Å². The summed E-state index contributed by atoms with van der Waals surface area (Å²) in [6, 6.07) is 6.06. The molecule has 0 radical (unpaired) electrons. The number of piperidine rings is 1. The minimum atomic E-state index is 0.271. The van der Waals surface area contributed by atoms with Gasteiger partial charge in [-0.2, -0.15) is 0 Å². The molecule has 138 valence electrons. The molecule has 0 saturated carbocycles. The molecule has 25 heavy (non-hydrogen) atoms. The molecule has 3 rings (SSSR count). The van der Waals surface area contributed by atoms with Gasteiger partial charge in [0.15, 0.2) is 0 Å². The Bertz CT molecular complexity index is 607. The second-order valence-electron chi connectivity index (χ2n) is 7.14. The molecule has 2 aliphatic rings. The van der Waals surface area contributed by atoms with E-state index in [0.717, 1.165) is 61.0 Å². The van der Waals surface area contributed by atoms with Gasteiger partial charge < -0.3 is 9.80 Å². The molecule has 0 spiro atoms. The summed E-state index contributed by atoms with van der Waals surface area (Å²) in [5, 5.41) is 1.53. The molecule has 1 aromatic rings. The van der Waals surface area contributed by atoms with Crippen LogP contribution in [-0.2, 0) is 6.42 Å². The summed E-state index contributed by atoms with van der Waals surface area (Å²) >= 11 is 11.3. The first-order chi connectivity index (χ1) is 12.0. The monoisotopic (exact) mass is 444 g/mol. The van der Waals surface area contributed by atoms with Crippen molar-refractivity contribution >= 4 is 44.5 Å². The minimum absolute atomic E-state index is 0.271. The van der Waals surface area contributed by atoms with Crippen molar-refractivity contribution < 1.29 is 4.79 Å². The van der Waals surface area contributed by atoms with Gasteiger partial charge in [-0.25, -0.2) is 0 Å². The lowest BCUT2D eigenvalue weighted by atomic mass is 9.90. The van der Waals surface area contributed by atoms with E-state index in [4.69, 9.17) is 11.6 Å². The Morgan fingerprint density at radius 1 is 1.32 bits per heavy atom. The summed E-state index contributed by atoms with van der Waals surface area (Å²) in [5.74, 6) is 0.723. The van der Waals surface area contributed by atoms with E-state index in [-0.39, 0.29) is 5.24 Å². The third kappa shape index (κ3) is 5.38. The molecule has 3 nitrogen and oxygen atoms in total. The number of hydrogen-bond acceptors (Lipinski definition) is 3. The molecule has 2 aliphatic heterocycles. The van der Waals surface area contributed by atoms with Gasteiger partial charge in [-0.3, -0.25) is 4.79 Å². The molecule has 0 bridgehead atoms. The topological polar surface area (TPSA) is 23.6 Å². The maximum absolute atomic E-state index is 12.0. The maximum Gasteiger partial charge on any atom is 0.282 e. The van der Waals surface area contributed by atoms with Crippen LogP contribution < -0.4 is 0 Å². The average molecular weight is 446 g/mol. The number of thioether (sulfide) groups is 1. The molecule has 2 saturated heterocycles. The predicted octanol–water partition coefficient (Wildman–Crippen LogP) is 5.30. The fourth-order valence-electron chi connectivity index (χ4n) is 3.79. The quantitative estimate of drug-likeness (QED) is 0.593. The first-order valence-electron chi connectivity index (χ1n) is 9.17. The van der Waals surface area contributed by atoms with E-state index in [0.29, 0.717) is 5.25 Å². The standard InChI is InChI=1S/C19H26BrClN2OS/c1-2-7-23-13-17(25-19(23)24)12-22-8-5-14(6-9-22)10-15-11-16(21)3-4-18(15)20/h3-4,11,14,17H,2,5-10,12-13H2,1H3. The van der Waals surface area contributed by atoms with E-state index in [9.17, 15) is 4.79 Å². The number of rotatable bonds is 6. The lowest BCUT2D eigenvalue weighted by molar-refractivity contribution is 0.179. The highest BCUT2D eigenvalue weighted by atomic mass is 79.9. The van der Waals surface area contributed by atoms with Crippen LogP contribution in [0.3, 0.4) is 0 Å². The SMILES string of the molecule is CCCN1CC(CN2CCC(Cc3cc(Cl)ccc3Br)CC2)SC1=O. The molecule has 0 N–H and O–H groups in total. The molecule has 1 unspecified atom stereocenters. The van der Waals surface area contributed by atoms with E-state index < -0.39 is 0 Å². The lowest BCUT2D eigenvalue weighted by Crippen LogP contribution is -2.39.